The number of hydrogen-bond donors (Lipinski definition) is 2. The summed E-state index contributed by atoms with van der Waals surface area (Å²) < 4.78 is 0. The minimum absolute atomic E-state index is 0.0677. The minimum Gasteiger partial charge on any atom is -0.356 e. The van der Waals surface area contributed by atoms with Gasteiger partial charge in [0.25, 0.3) is 0 Å². The molecular weight excluding hydrogens is 383 g/mol. The van der Waals surface area contributed by atoms with E-state index in [2.05, 4.69) is 15.6 Å². The molecule has 0 unspecified atom stereocenters. The lowest BCUT2D eigenvalue weighted by atomic mass is 10.0. The van der Waals surface area contributed by atoms with Gasteiger partial charge in [-0.05, 0) is 43.4 Å². The summed E-state index contributed by atoms with van der Waals surface area (Å²) >= 11 is 12.1. The van der Waals surface area contributed by atoms with Gasteiger partial charge in [-0.15, -0.1) is 0 Å². The number of nitrogens with one attached hydrogen (secondary N) is 2. The summed E-state index contributed by atoms with van der Waals surface area (Å²) in [7, 11) is 1.78. The van der Waals surface area contributed by atoms with Crippen LogP contribution in [0.4, 0.5) is 0 Å². The van der Waals surface area contributed by atoms with Crippen LogP contribution in [0.15, 0.2) is 23.2 Å². The van der Waals surface area contributed by atoms with Gasteiger partial charge in [0.2, 0.25) is 5.91 Å². The van der Waals surface area contributed by atoms with Gasteiger partial charge in [0.15, 0.2) is 5.96 Å². The van der Waals surface area contributed by atoms with E-state index in [-0.39, 0.29) is 11.8 Å². The van der Waals surface area contributed by atoms with Crippen LogP contribution in [0.1, 0.15) is 38.7 Å². The summed E-state index contributed by atoms with van der Waals surface area (Å²) in [5.74, 6) is 1.13. The number of carbonyl (C=O) groups is 1. The lowest BCUT2D eigenvalue weighted by Crippen LogP contribution is -2.50. The van der Waals surface area contributed by atoms with E-state index in [9.17, 15) is 4.79 Å². The Kier molecular flexibility index (Phi) is 8.71. The first kappa shape index (κ1) is 21.8. The SMILES string of the molecule is CN=C(NCCCc1ccc(Cl)cc1Cl)NC1CCN(C(=O)C(C)C)CC1. The van der Waals surface area contributed by atoms with Crippen molar-refractivity contribution >= 4 is 35.1 Å². The Bertz CT molecular complexity index is 655. The van der Waals surface area contributed by atoms with E-state index >= 15 is 0 Å². The Balaban J connectivity index is 1.70. The first-order valence-corrected chi connectivity index (χ1v) is 10.4. The van der Waals surface area contributed by atoms with Gasteiger partial charge in [-0.25, -0.2) is 0 Å². The van der Waals surface area contributed by atoms with Crippen LogP contribution in [0.25, 0.3) is 0 Å². The highest BCUT2D eigenvalue weighted by molar-refractivity contribution is 6.35. The zero-order valence-corrected chi connectivity index (χ0v) is 17.9. The number of hydrogen-bond acceptors (Lipinski definition) is 2. The lowest BCUT2D eigenvalue weighted by Gasteiger charge is -2.34. The van der Waals surface area contributed by atoms with E-state index < -0.39 is 0 Å². The summed E-state index contributed by atoms with van der Waals surface area (Å²) in [5, 5.41) is 8.20. The van der Waals surface area contributed by atoms with E-state index in [1.165, 1.54) is 0 Å². The number of aliphatic imine (C=N–C) groups is 1. The average molecular weight is 413 g/mol. The second kappa shape index (κ2) is 10.8. The normalized spacial score (nSPS) is 15.9. The quantitative estimate of drug-likeness (QED) is 0.425. The molecule has 0 aromatic heterocycles. The number of carbonyl (C=O) groups excluding carboxylic acids is 1. The molecule has 0 atom stereocenters. The number of aryl methyl sites for hydroxylation is 1. The zero-order valence-electron chi connectivity index (χ0n) is 16.4. The molecule has 1 fully saturated rings. The molecule has 1 saturated heterocycles. The Labute approximate surface area is 172 Å². The first-order chi connectivity index (χ1) is 12.9. The molecule has 1 aromatic rings. The van der Waals surface area contributed by atoms with Gasteiger partial charge in [0.05, 0.1) is 0 Å². The summed E-state index contributed by atoms with van der Waals surface area (Å²) in [6.45, 7) is 6.33. The van der Waals surface area contributed by atoms with E-state index in [0.29, 0.717) is 16.1 Å². The second-order valence-corrected chi connectivity index (χ2v) is 8.08. The van der Waals surface area contributed by atoms with Crippen molar-refractivity contribution in [2.45, 2.75) is 45.6 Å². The standard InChI is InChI=1S/C20H30Cl2N4O/c1-14(2)19(27)26-11-8-17(9-12-26)25-20(23-3)24-10-4-5-15-6-7-16(21)13-18(15)22/h6-7,13-14,17H,4-5,8-12H2,1-3H3,(H2,23,24,25). The highest BCUT2D eigenvalue weighted by Crippen LogP contribution is 2.21. The van der Waals surface area contributed by atoms with Gasteiger partial charge in [-0.1, -0.05) is 43.1 Å². The minimum atomic E-state index is 0.0677. The van der Waals surface area contributed by atoms with Crippen molar-refractivity contribution in [3.8, 4) is 0 Å². The van der Waals surface area contributed by atoms with E-state index in [4.69, 9.17) is 23.2 Å². The van der Waals surface area contributed by atoms with Gasteiger partial charge in [0, 0.05) is 48.7 Å². The fourth-order valence-electron chi connectivity index (χ4n) is 3.21. The third-order valence-electron chi connectivity index (χ3n) is 4.80. The monoisotopic (exact) mass is 412 g/mol. The molecule has 0 bridgehead atoms. The van der Waals surface area contributed by atoms with Gasteiger partial charge in [-0.3, -0.25) is 9.79 Å². The molecule has 2 rings (SSSR count). The fourth-order valence-corrected chi connectivity index (χ4v) is 3.71. The topological polar surface area (TPSA) is 56.7 Å². The molecule has 1 amide bonds. The molecule has 1 aromatic carbocycles. The van der Waals surface area contributed by atoms with Crippen molar-refractivity contribution in [3.63, 3.8) is 0 Å². The second-order valence-electron chi connectivity index (χ2n) is 7.24. The maximum atomic E-state index is 12.1. The summed E-state index contributed by atoms with van der Waals surface area (Å²) in [4.78, 5) is 18.3. The molecule has 0 radical (unpaired) electrons. The number of nitrogens with zero attached hydrogens (tertiary/aromatic N) is 2. The Morgan fingerprint density at radius 1 is 1.30 bits per heavy atom. The van der Waals surface area contributed by atoms with E-state index in [0.717, 1.165) is 56.8 Å². The van der Waals surface area contributed by atoms with Crippen molar-refractivity contribution in [2.75, 3.05) is 26.7 Å². The summed E-state index contributed by atoms with van der Waals surface area (Å²) in [6, 6.07) is 5.97. The molecule has 27 heavy (non-hydrogen) atoms. The van der Waals surface area contributed by atoms with Crippen LogP contribution >= 0.6 is 23.2 Å². The highest BCUT2D eigenvalue weighted by Gasteiger charge is 2.24. The predicted molar refractivity (Wildman–Crippen MR) is 114 cm³/mol. The van der Waals surface area contributed by atoms with Crippen molar-refractivity contribution < 1.29 is 4.79 Å². The molecular formula is C20H30Cl2N4O. The average Bonchev–Trinajstić information content (AvgIpc) is 2.65. The Morgan fingerprint density at radius 3 is 2.59 bits per heavy atom. The van der Waals surface area contributed by atoms with Crippen LogP contribution in [-0.2, 0) is 11.2 Å². The maximum absolute atomic E-state index is 12.1. The lowest BCUT2D eigenvalue weighted by molar-refractivity contribution is -0.135. The number of amides is 1. The molecule has 1 aliphatic rings. The third-order valence-corrected chi connectivity index (χ3v) is 5.38. The number of piperidine rings is 1. The van der Waals surface area contributed by atoms with Crippen molar-refractivity contribution in [1.82, 2.24) is 15.5 Å². The van der Waals surface area contributed by atoms with Crippen molar-refractivity contribution in [3.05, 3.63) is 33.8 Å². The van der Waals surface area contributed by atoms with E-state index in [1.807, 2.05) is 30.9 Å². The third kappa shape index (κ3) is 6.89. The Hall–Kier alpha value is -1.46. The van der Waals surface area contributed by atoms with Crippen LogP contribution in [0, 0.1) is 5.92 Å². The fraction of sp³-hybridized carbons (Fsp3) is 0.600. The van der Waals surface area contributed by atoms with Gasteiger partial charge in [-0.2, -0.15) is 0 Å². The van der Waals surface area contributed by atoms with Crippen LogP contribution < -0.4 is 10.6 Å². The highest BCUT2D eigenvalue weighted by atomic mass is 35.5. The molecule has 7 heteroatoms. The summed E-state index contributed by atoms with van der Waals surface area (Å²) in [5.41, 5.74) is 1.10. The number of rotatable bonds is 6. The van der Waals surface area contributed by atoms with Crippen molar-refractivity contribution in [1.29, 1.82) is 0 Å². The molecule has 0 spiro atoms. The van der Waals surface area contributed by atoms with Gasteiger partial charge >= 0.3 is 0 Å². The molecule has 1 heterocycles. The largest absolute Gasteiger partial charge is 0.356 e. The Morgan fingerprint density at radius 2 is 2.00 bits per heavy atom. The van der Waals surface area contributed by atoms with Crippen molar-refractivity contribution in [2.24, 2.45) is 10.9 Å². The predicted octanol–water partition coefficient (Wildman–Crippen LogP) is 3.74. The van der Waals surface area contributed by atoms with Gasteiger partial charge < -0.3 is 15.5 Å². The smallest absolute Gasteiger partial charge is 0.225 e. The number of likely N-dealkylation sites (tertiary alicyclic amines) is 1. The van der Waals surface area contributed by atoms with E-state index in [1.54, 1.807) is 13.1 Å². The molecule has 5 nitrogen and oxygen atoms in total. The molecule has 2 N–H and O–H groups in total. The van der Waals surface area contributed by atoms with Crippen LogP contribution in [-0.4, -0.2) is 49.5 Å². The molecule has 0 aliphatic carbocycles. The molecule has 1 aliphatic heterocycles. The van der Waals surface area contributed by atoms with Crippen LogP contribution in [0.3, 0.4) is 0 Å². The number of guanidine groups is 1. The zero-order chi connectivity index (χ0) is 19.8. The number of halogens is 2. The summed E-state index contributed by atoms with van der Waals surface area (Å²) in [6.07, 6.45) is 3.72. The number of benzene rings is 1. The van der Waals surface area contributed by atoms with Crippen LogP contribution in [0.2, 0.25) is 10.0 Å². The molecule has 0 saturated carbocycles. The van der Waals surface area contributed by atoms with Gasteiger partial charge in [0.1, 0.15) is 0 Å². The molecule has 150 valence electrons. The first-order valence-electron chi connectivity index (χ1n) is 9.60. The van der Waals surface area contributed by atoms with Crippen LogP contribution in [0.5, 0.6) is 0 Å². The maximum Gasteiger partial charge on any atom is 0.225 e.